The van der Waals surface area contributed by atoms with Crippen molar-refractivity contribution in [3.8, 4) is 0 Å². The van der Waals surface area contributed by atoms with Crippen molar-refractivity contribution in [2.24, 2.45) is 0 Å². The van der Waals surface area contributed by atoms with E-state index in [1.165, 1.54) is 23.3 Å². The minimum atomic E-state index is -1.72. The summed E-state index contributed by atoms with van der Waals surface area (Å²) in [5.74, 6) is 0. The first-order valence-electron chi connectivity index (χ1n) is 2.74. The largest absolute Gasteiger partial charge is 0.369 e. The van der Waals surface area contributed by atoms with E-state index in [9.17, 15) is 5.11 Å². The van der Waals surface area contributed by atoms with Crippen LogP contribution in [0.3, 0.4) is 0 Å². The second kappa shape index (κ2) is 3.19. The van der Waals surface area contributed by atoms with Gasteiger partial charge in [0.05, 0.1) is 6.33 Å². The van der Waals surface area contributed by atoms with E-state index in [0.29, 0.717) is 0 Å². The Balaban J connectivity index is 2.78. The monoisotopic (exact) mass is 214 g/mol. The number of hydrogen-bond donors (Lipinski definition) is 1. The molecule has 0 saturated heterocycles. The molecule has 0 aromatic carbocycles. The van der Waals surface area contributed by atoms with Gasteiger partial charge in [-0.3, -0.25) is 0 Å². The van der Waals surface area contributed by atoms with Crippen LogP contribution in [0.4, 0.5) is 0 Å². The van der Waals surface area contributed by atoms with Crippen molar-refractivity contribution in [1.29, 1.82) is 0 Å². The zero-order valence-electron chi connectivity index (χ0n) is 5.28. The van der Waals surface area contributed by atoms with Crippen LogP contribution in [-0.2, 0) is 0 Å². The number of rotatable bonds is 1. The van der Waals surface area contributed by atoms with Crippen LogP contribution in [0.2, 0.25) is 0 Å². The molecule has 0 aliphatic carbocycles. The van der Waals surface area contributed by atoms with E-state index in [4.69, 9.17) is 34.8 Å². The van der Waals surface area contributed by atoms with Crippen molar-refractivity contribution >= 4 is 34.8 Å². The highest BCUT2D eigenvalue weighted by atomic mass is 35.6. The minimum absolute atomic E-state index is 1.20. The molecule has 11 heavy (non-hydrogen) atoms. The third-order valence-electron chi connectivity index (χ3n) is 1.10. The average molecular weight is 215 g/mol. The molecule has 1 heterocycles. The third kappa shape index (κ3) is 2.24. The van der Waals surface area contributed by atoms with Gasteiger partial charge in [0.25, 0.3) is 0 Å². The molecule has 1 N–H and O–H groups in total. The topological polar surface area (TPSA) is 38.0 Å². The standard InChI is InChI=1S/C5H5Cl3N2O/c6-5(7,8)4(11)10-2-1-9-3-10/h1-4,11H. The van der Waals surface area contributed by atoms with E-state index in [2.05, 4.69) is 4.98 Å². The molecule has 1 atom stereocenters. The summed E-state index contributed by atoms with van der Waals surface area (Å²) in [5, 5.41) is 9.27. The molecule has 1 unspecified atom stereocenters. The lowest BCUT2D eigenvalue weighted by molar-refractivity contribution is 0.108. The van der Waals surface area contributed by atoms with Crippen LogP contribution in [0.25, 0.3) is 0 Å². The Morgan fingerprint density at radius 2 is 2.09 bits per heavy atom. The van der Waals surface area contributed by atoms with E-state index in [1.807, 2.05) is 0 Å². The third-order valence-corrected chi connectivity index (χ3v) is 1.69. The molecular weight excluding hydrogens is 210 g/mol. The second-order valence-electron chi connectivity index (χ2n) is 1.93. The maximum atomic E-state index is 9.27. The summed E-state index contributed by atoms with van der Waals surface area (Å²) >= 11 is 16.2. The number of hydrogen-bond acceptors (Lipinski definition) is 2. The molecule has 0 aliphatic heterocycles. The van der Waals surface area contributed by atoms with Gasteiger partial charge in [-0.05, 0) is 0 Å². The Labute approximate surface area is 78.5 Å². The number of alkyl halides is 3. The number of halogens is 3. The summed E-state index contributed by atoms with van der Waals surface area (Å²) in [6.07, 6.45) is 3.16. The van der Waals surface area contributed by atoms with Crippen LogP contribution >= 0.6 is 34.8 Å². The second-order valence-corrected chi connectivity index (χ2v) is 4.29. The van der Waals surface area contributed by atoms with E-state index in [0.717, 1.165) is 0 Å². The van der Waals surface area contributed by atoms with Gasteiger partial charge >= 0.3 is 0 Å². The quantitative estimate of drug-likeness (QED) is 0.725. The van der Waals surface area contributed by atoms with Crippen molar-refractivity contribution in [3.05, 3.63) is 18.7 Å². The maximum Gasteiger partial charge on any atom is 0.234 e. The van der Waals surface area contributed by atoms with Crippen molar-refractivity contribution in [3.63, 3.8) is 0 Å². The average Bonchev–Trinajstić information content (AvgIpc) is 2.34. The van der Waals surface area contributed by atoms with Gasteiger partial charge in [-0.1, -0.05) is 34.8 Å². The lowest BCUT2D eigenvalue weighted by Gasteiger charge is -2.19. The van der Waals surface area contributed by atoms with Gasteiger partial charge in [0, 0.05) is 12.4 Å². The zero-order valence-corrected chi connectivity index (χ0v) is 7.55. The number of imidazole rings is 1. The predicted molar refractivity (Wildman–Crippen MR) is 43.8 cm³/mol. The van der Waals surface area contributed by atoms with Crippen LogP contribution in [-0.4, -0.2) is 18.5 Å². The van der Waals surface area contributed by atoms with Crippen molar-refractivity contribution < 1.29 is 5.11 Å². The Bertz CT molecular complexity index is 218. The van der Waals surface area contributed by atoms with Crippen molar-refractivity contribution in [2.45, 2.75) is 10.0 Å². The summed E-state index contributed by atoms with van der Waals surface area (Å²) in [6.45, 7) is 0. The highest BCUT2D eigenvalue weighted by Crippen LogP contribution is 2.36. The van der Waals surface area contributed by atoms with E-state index < -0.39 is 10.0 Å². The lowest BCUT2D eigenvalue weighted by Crippen LogP contribution is -2.21. The lowest BCUT2D eigenvalue weighted by atomic mass is 10.6. The molecule has 1 aromatic heterocycles. The van der Waals surface area contributed by atoms with Crippen LogP contribution in [0.5, 0.6) is 0 Å². The maximum absolute atomic E-state index is 9.27. The van der Waals surface area contributed by atoms with Crippen molar-refractivity contribution in [2.75, 3.05) is 0 Å². The summed E-state index contributed by atoms with van der Waals surface area (Å²) in [5.41, 5.74) is 0. The highest BCUT2D eigenvalue weighted by molar-refractivity contribution is 6.67. The molecule has 0 fully saturated rings. The summed E-state index contributed by atoms with van der Waals surface area (Å²) in [6, 6.07) is 0. The fourth-order valence-electron chi connectivity index (χ4n) is 0.583. The number of aliphatic hydroxyl groups is 1. The summed E-state index contributed by atoms with van der Waals surface area (Å²) < 4.78 is -0.423. The molecule has 0 radical (unpaired) electrons. The fraction of sp³-hybridized carbons (Fsp3) is 0.400. The fourth-order valence-corrected chi connectivity index (χ4v) is 0.921. The molecule has 0 bridgehead atoms. The van der Waals surface area contributed by atoms with E-state index in [-0.39, 0.29) is 0 Å². The van der Waals surface area contributed by atoms with Gasteiger partial charge in [-0.15, -0.1) is 0 Å². The molecule has 0 aliphatic rings. The SMILES string of the molecule is OC(n1ccnc1)C(Cl)(Cl)Cl. The summed E-state index contributed by atoms with van der Waals surface area (Å²) in [4.78, 5) is 3.68. The Morgan fingerprint density at radius 3 is 2.45 bits per heavy atom. The molecule has 6 heteroatoms. The first-order chi connectivity index (χ1) is 5.02. The Kier molecular flexibility index (Phi) is 2.65. The number of aromatic nitrogens is 2. The Hall–Kier alpha value is 0.0400. The number of aliphatic hydroxyl groups excluding tert-OH is 1. The molecule has 1 aromatic rings. The van der Waals surface area contributed by atoms with Crippen LogP contribution in [0.1, 0.15) is 6.23 Å². The van der Waals surface area contributed by atoms with Crippen LogP contribution in [0, 0.1) is 0 Å². The normalized spacial score (nSPS) is 14.9. The van der Waals surface area contributed by atoms with Gasteiger partial charge in [-0.2, -0.15) is 0 Å². The van der Waals surface area contributed by atoms with Gasteiger partial charge in [0.2, 0.25) is 3.79 Å². The summed E-state index contributed by atoms with van der Waals surface area (Å²) in [7, 11) is 0. The molecule has 0 amide bonds. The molecule has 0 spiro atoms. The Morgan fingerprint density at radius 1 is 1.45 bits per heavy atom. The van der Waals surface area contributed by atoms with Gasteiger partial charge in [-0.25, -0.2) is 4.98 Å². The predicted octanol–water partition coefficient (Wildman–Crippen LogP) is 1.74. The van der Waals surface area contributed by atoms with Crippen LogP contribution < -0.4 is 0 Å². The van der Waals surface area contributed by atoms with Gasteiger partial charge < -0.3 is 9.67 Å². The smallest absolute Gasteiger partial charge is 0.234 e. The minimum Gasteiger partial charge on any atom is -0.369 e. The van der Waals surface area contributed by atoms with Gasteiger partial charge in [0.1, 0.15) is 0 Å². The highest BCUT2D eigenvalue weighted by Gasteiger charge is 2.31. The molecule has 0 saturated carbocycles. The van der Waals surface area contributed by atoms with Crippen LogP contribution in [0.15, 0.2) is 18.7 Å². The van der Waals surface area contributed by atoms with E-state index in [1.54, 1.807) is 0 Å². The molecule has 1 rings (SSSR count). The molecule has 3 nitrogen and oxygen atoms in total. The first-order valence-corrected chi connectivity index (χ1v) is 3.87. The molecule has 62 valence electrons. The zero-order chi connectivity index (χ0) is 8.48. The van der Waals surface area contributed by atoms with E-state index >= 15 is 0 Å². The number of nitrogens with zero attached hydrogens (tertiary/aromatic N) is 2. The van der Waals surface area contributed by atoms with Gasteiger partial charge in [0.15, 0.2) is 6.23 Å². The van der Waals surface area contributed by atoms with Crippen molar-refractivity contribution in [1.82, 2.24) is 9.55 Å². The first kappa shape index (κ1) is 9.13. The molecular formula is C5H5Cl3N2O.